The van der Waals surface area contributed by atoms with Crippen LogP contribution in [0, 0.1) is 11.8 Å². The Labute approximate surface area is 253 Å². The molecule has 2 aromatic carbocycles. The summed E-state index contributed by atoms with van der Waals surface area (Å²) in [5, 5.41) is 2.98. The highest BCUT2D eigenvalue weighted by Gasteiger charge is 2.43. The number of nitrogens with one attached hydrogen (secondary N) is 1. The summed E-state index contributed by atoms with van der Waals surface area (Å²) < 4.78 is 5.44. The van der Waals surface area contributed by atoms with Crippen molar-refractivity contribution in [2.75, 3.05) is 13.7 Å². The molecule has 1 saturated heterocycles. The molecule has 0 radical (unpaired) electrons. The van der Waals surface area contributed by atoms with Crippen molar-refractivity contribution in [3.63, 3.8) is 0 Å². The van der Waals surface area contributed by atoms with Crippen molar-refractivity contribution in [2.24, 2.45) is 17.6 Å². The summed E-state index contributed by atoms with van der Waals surface area (Å²) in [6, 6.07) is 15.3. The highest BCUT2D eigenvalue weighted by Crippen LogP contribution is 2.38. The van der Waals surface area contributed by atoms with E-state index in [1.807, 2.05) is 82.3 Å². The Morgan fingerprint density at radius 2 is 1.55 bits per heavy atom. The molecule has 2 fully saturated rings. The van der Waals surface area contributed by atoms with E-state index < -0.39 is 18.1 Å². The number of benzene rings is 2. The van der Waals surface area contributed by atoms with Gasteiger partial charge in [-0.3, -0.25) is 14.4 Å². The second kappa shape index (κ2) is 18.4. The van der Waals surface area contributed by atoms with Crippen LogP contribution in [0.3, 0.4) is 0 Å². The molecular weight excluding hydrogens is 526 g/mol. The first-order valence-corrected chi connectivity index (χ1v) is 15.9. The average molecular weight is 580 g/mol. The number of hydrogen-bond donors (Lipinski definition) is 2. The van der Waals surface area contributed by atoms with Gasteiger partial charge in [-0.05, 0) is 43.2 Å². The summed E-state index contributed by atoms with van der Waals surface area (Å²) in [4.78, 5) is 41.5. The van der Waals surface area contributed by atoms with E-state index in [1.165, 1.54) is 26.2 Å². The van der Waals surface area contributed by atoms with Gasteiger partial charge in [-0.1, -0.05) is 108 Å². The number of methoxy groups -OCH3 is 1. The van der Waals surface area contributed by atoms with E-state index in [2.05, 4.69) is 5.32 Å². The molecule has 1 aliphatic heterocycles. The molecule has 42 heavy (non-hydrogen) atoms. The fourth-order valence-corrected chi connectivity index (χ4v) is 6.14. The molecule has 1 aliphatic carbocycles. The largest absolute Gasteiger partial charge is 0.496 e. The van der Waals surface area contributed by atoms with Crippen LogP contribution in [0.25, 0.3) is 0 Å². The SMILES string of the molecule is CC.CC.COc1ccccc1C(N)CC(=O)N1CC(C2CCCCC2)C[C@H]1C(=O)NC(Cc1ccccc1)C(C)=O. The molecule has 0 spiro atoms. The molecule has 3 unspecified atom stereocenters. The molecule has 3 N–H and O–H groups in total. The maximum Gasteiger partial charge on any atom is 0.243 e. The molecule has 1 heterocycles. The summed E-state index contributed by atoms with van der Waals surface area (Å²) in [5.74, 6) is 0.965. The molecule has 232 valence electrons. The van der Waals surface area contributed by atoms with Gasteiger partial charge in [-0.25, -0.2) is 0 Å². The molecule has 1 saturated carbocycles. The number of amides is 2. The van der Waals surface area contributed by atoms with Crippen LogP contribution in [0.15, 0.2) is 54.6 Å². The van der Waals surface area contributed by atoms with Crippen LogP contribution in [0.2, 0.25) is 0 Å². The molecule has 7 nitrogen and oxygen atoms in total. The van der Waals surface area contributed by atoms with Crippen molar-refractivity contribution in [1.29, 1.82) is 0 Å². The van der Waals surface area contributed by atoms with Crippen LogP contribution in [0.1, 0.15) is 96.7 Å². The molecule has 0 bridgehead atoms. The third-order valence-corrected chi connectivity index (χ3v) is 8.30. The van der Waals surface area contributed by atoms with Crippen molar-refractivity contribution in [1.82, 2.24) is 10.2 Å². The van der Waals surface area contributed by atoms with Gasteiger partial charge in [0.15, 0.2) is 5.78 Å². The van der Waals surface area contributed by atoms with E-state index in [0.717, 1.165) is 24.0 Å². The van der Waals surface area contributed by atoms with Gasteiger partial charge in [0.25, 0.3) is 0 Å². The summed E-state index contributed by atoms with van der Waals surface area (Å²) in [7, 11) is 1.59. The summed E-state index contributed by atoms with van der Waals surface area (Å²) >= 11 is 0. The predicted octanol–water partition coefficient (Wildman–Crippen LogP) is 6.25. The normalized spacial score (nSPS) is 19.7. The third-order valence-electron chi connectivity index (χ3n) is 8.30. The number of nitrogens with zero attached hydrogens (tertiary/aromatic N) is 1. The van der Waals surface area contributed by atoms with Crippen LogP contribution in [-0.4, -0.2) is 48.2 Å². The number of carbonyl (C=O) groups is 3. The Hall–Kier alpha value is -3.19. The van der Waals surface area contributed by atoms with E-state index >= 15 is 0 Å². The lowest BCUT2D eigenvalue weighted by Crippen LogP contribution is -2.51. The van der Waals surface area contributed by atoms with Gasteiger partial charge in [-0.15, -0.1) is 0 Å². The number of para-hydroxylation sites is 1. The van der Waals surface area contributed by atoms with Gasteiger partial charge in [0, 0.05) is 24.6 Å². The minimum Gasteiger partial charge on any atom is -0.496 e. The third kappa shape index (κ3) is 9.69. The van der Waals surface area contributed by atoms with E-state index in [4.69, 9.17) is 10.5 Å². The van der Waals surface area contributed by atoms with E-state index in [1.54, 1.807) is 12.0 Å². The molecule has 7 heteroatoms. The van der Waals surface area contributed by atoms with Gasteiger partial charge in [0.2, 0.25) is 11.8 Å². The fourth-order valence-electron chi connectivity index (χ4n) is 6.14. The number of carbonyl (C=O) groups excluding carboxylic acids is 3. The van der Waals surface area contributed by atoms with E-state index in [-0.39, 0.29) is 29.9 Å². The lowest BCUT2D eigenvalue weighted by molar-refractivity contribution is -0.139. The maximum atomic E-state index is 13.6. The molecule has 0 aromatic heterocycles. The number of nitrogens with two attached hydrogens (primary N) is 1. The van der Waals surface area contributed by atoms with Crippen molar-refractivity contribution in [2.45, 2.75) is 104 Å². The fraction of sp³-hybridized carbons (Fsp3) is 0.571. The minimum atomic E-state index is -0.633. The number of Topliss-reactive ketones (excluding diaryl/α,β-unsaturated/α-hetero) is 1. The number of rotatable bonds is 10. The lowest BCUT2D eigenvalue weighted by Gasteiger charge is -2.28. The first-order chi connectivity index (χ1) is 20.4. The van der Waals surface area contributed by atoms with Crippen molar-refractivity contribution in [3.8, 4) is 5.75 Å². The van der Waals surface area contributed by atoms with Crippen molar-refractivity contribution in [3.05, 3.63) is 65.7 Å². The molecule has 2 amide bonds. The zero-order chi connectivity index (χ0) is 31.1. The summed E-state index contributed by atoms with van der Waals surface area (Å²) in [6.07, 6.45) is 7.08. The Kier molecular flexibility index (Phi) is 15.3. The predicted molar refractivity (Wildman–Crippen MR) is 170 cm³/mol. The number of likely N-dealkylation sites (tertiary alicyclic amines) is 1. The first-order valence-electron chi connectivity index (χ1n) is 15.9. The molecule has 4 atom stereocenters. The Bertz CT molecular complexity index is 1100. The first kappa shape index (κ1) is 35.0. The average Bonchev–Trinajstić information content (AvgIpc) is 3.50. The van der Waals surface area contributed by atoms with Gasteiger partial charge in [0.05, 0.1) is 13.2 Å². The Morgan fingerprint density at radius 3 is 2.17 bits per heavy atom. The van der Waals surface area contributed by atoms with Crippen LogP contribution in [0.5, 0.6) is 5.75 Å². The zero-order valence-electron chi connectivity index (χ0n) is 26.6. The Balaban J connectivity index is 0.00000148. The summed E-state index contributed by atoms with van der Waals surface area (Å²) in [5.41, 5.74) is 8.22. The van der Waals surface area contributed by atoms with Crippen LogP contribution in [0.4, 0.5) is 0 Å². The lowest BCUT2D eigenvalue weighted by atomic mass is 9.79. The summed E-state index contributed by atoms with van der Waals surface area (Å²) in [6.45, 7) is 10.1. The minimum absolute atomic E-state index is 0.0850. The Morgan fingerprint density at radius 1 is 0.929 bits per heavy atom. The topological polar surface area (TPSA) is 102 Å². The van der Waals surface area contributed by atoms with Crippen molar-refractivity contribution >= 4 is 17.6 Å². The molecular formula is C35H53N3O4. The van der Waals surface area contributed by atoms with Crippen LogP contribution in [-0.2, 0) is 20.8 Å². The van der Waals surface area contributed by atoms with Crippen molar-refractivity contribution < 1.29 is 19.1 Å². The number of ketones is 1. The van der Waals surface area contributed by atoms with Gasteiger partial charge in [-0.2, -0.15) is 0 Å². The highest BCUT2D eigenvalue weighted by molar-refractivity contribution is 5.92. The second-order valence-corrected chi connectivity index (χ2v) is 10.9. The standard InChI is InChI=1S/C31H41N3O4.2C2H6/c1-21(35)27(17-22-11-5-3-6-12-22)33-31(37)28-18-24(23-13-7-4-8-14-23)20-34(28)30(36)19-26(32)25-15-9-10-16-29(25)38-2;2*1-2/h3,5-6,9-12,15-16,23-24,26-28H,4,7-8,13-14,17-20,32H2,1-2H3,(H,33,37);2*1-2H3/t24?,26?,27?,28-;;/m0../s1. The van der Waals surface area contributed by atoms with Gasteiger partial charge < -0.3 is 20.7 Å². The van der Waals surface area contributed by atoms with E-state index in [9.17, 15) is 14.4 Å². The van der Waals surface area contributed by atoms with Gasteiger partial charge in [0.1, 0.15) is 11.8 Å². The van der Waals surface area contributed by atoms with Crippen LogP contribution < -0.4 is 15.8 Å². The quantitative estimate of drug-likeness (QED) is 0.346. The number of ether oxygens (including phenoxy) is 1. The van der Waals surface area contributed by atoms with Crippen LogP contribution >= 0.6 is 0 Å². The molecule has 2 aliphatic rings. The molecule has 2 aromatic rings. The van der Waals surface area contributed by atoms with E-state index in [0.29, 0.717) is 31.1 Å². The maximum absolute atomic E-state index is 13.6. The smallest absolute Gasteiger partial charge is 0.243 e. The highest BCUT2D eigenvalue weighted by atomic mass is 16.5. The monoisotopic (exact) mass is 579 g/mol. The zero-order valence-corrected chi connectivity index (χ0v) is 26.6. The van der Waals surface area contributed by atoms with Gasteiger partial charge >= 0.3 is 0 Å². The second-order valence-electron chi connectivity index (χ2n) is 10.9. The number of hydrogen-bond acceptors (Lipinski definition) is 5. The molecule has 4 rings (SSSR count).